The van der Waals surface area contributed by atoms with Crippen LogP contribution in [0.15, 0.2) is 66.9 Å². The van der Waals surface area contributed by atoms with E-state index in [4.69, 9.17) is 16.0 Å². The molecule has 0 amide bonds. The van der Waals surface area contributed by atoms with Crippen molar-refractivity contribution in [2.24, 2.45) is 0 Å². The molecule has 4 atom stereocenters. The van der Waals surface area contributed by atoms with E-state index in [0.29, 0.717) is 29.7 Å². The number of nitrogens with two attached hydrogens (primary N) is 1. The third-order valence-corrected chi connectivity index (χ3v) is 8.06. The number of nitrogen functional groups attached to an aromatic ring is 1. The summed E-state index contributed by atoms with van der Waals surface area (Å²) >= 11 is 0. The van der Waals surface area contributed by atoms with Crippen molar-refractivity contribution in [3.05, 3.63) is 72.4 Å². The normalized spacial score (nSPS) is 25.9. The Morgan fingerprint density at radius 3 is 2.46 bits per heavy atom. The van der Waals surface area contributed by atoms with Crippen LogP contribution in [0.1, 0.15) is 37.7 Å². The Balaban J connectivity index is 1.30. The van der Waals surface area contributed by atoms with E-state index in [2.05, 4.69) is 57.6 Å². The Hall–Kier alpha value is -3.56. The van der Waals surface area contributed by atoms with Gasteiger partial charge in [-0.05, 0) is 78.9 Å². The Kier molecular flexibility index (Phi) is 5.79. The van der Waals surface area contributed by atoms with Crippen LogP contribution in [0.25, 0.3) is 11.1 Å². The van der Waals surface area contributed by atoms with Crippen molar-refractivity contribution in [1.82, 2.24) is 10.3 Å². The van der Waals surface area contributed by atoms with Crippen LogP contribution < -0.4 is 20.9 Å². The van der Waals surface area contributed by atoms with Crippen LogP contribution in [0, 0.1) is 11.3 Å². The molecular weight excluding hydrogens is 432 g/mol. The maximum absolute atomic E-state index is 9.15. The van der Waals surface area contributed by atoms with Crippen molar-refractivity contribution in [2.75, 3.05) is 28.6 Å². The van der Waals surface area contributed by atoms with Crippen LogP contribution in [0.5, 0.6) is 0 Å². The van der Waals surface area contributed by atoms with Gasteiger partial charge in [-0.2, -0.15) is 5.26 Å². The minimum Gasteiger partial charge on any atom is -0.399 e. The Morgan fingerprint density at radius 2 is 1.66 bits per heavy atom. The zero-order valence-corrected chi connectivity index (χ0v) is 20.0. The zero-order chi connectivity index (χ0) is 23.8. The van der Waals surface area contributed by atoms with Gasteiger partial charge in [0, 0.05) is 54.8 Å². The number of piperazine rings is 1. The van der Waals surface area contributed by atoms with E-state index in [-0.39, 0.29) is 0 Å². The quantitative estimate of drug-likeness (QED) is 0.553. The molecule has 3 aromatic rings. The molecule has 0 spiro atoms. The lowest BCUT2D eigenvalue weighted by Gasteiger charge is -2.56. The van der Waals surface area contributed by atoms with Crippen LogP contribution in [0.4, 0.5) is 17.2 Å². The predicted molar refractivity (Wildman–Crippen MR) is 141 cm³/mol. The molecule has 1 aromatic heterocycles. The second kappa shape index (κ2) is 9.24. The van der Waals surface area contributed by atoms with Crippen LogP contribution in [0.3, 0.4) is 0 Å². The maximum Gasteiger partial charge on any atom is 0.129 e. The lowest BCUT2D eigenvalue weighted by Crippen LogP contribution is -2.72. The Morgan fingerprint density at radius 1 is 0.886 bits per heavy atom. The lowest BCUT2D eigenvalue weighted by atomic mass is 9.81. The number of nitrogens with one attached hydrogen (secondary N) is 1. The van der Waals surface area contributed by atoms with Crippen molar-refractivity contribution >= 4 is 17.2 Å². The molecule has 1 aliphatic carbocycles. The summed E-state index contributed by atoms with van der Waals surface area (Å²) in [7, 11) is 0. The van der Waals surface area contributed by atoms with Gasteiger partial charge in [0.25, 0.3) is 0 Å². The minimum atomic E-state index is 0.376. The molecule has 2 aromatic carbocycles. The summed E-state index contributed by atoms with van der Waals surface area (Å²) in [5, 5.41) is 13.2. The van der Waals surface area contributed by atoms with Gasteiger partial charge in [-0.1, -0.05) is 25.0 Å². The van der Waals surface area contributed by atoms with E-state index in [9.17, 15) is 0 Å². The van der Waals surface area contributed by atoms with Crippen LogP contribution in [0.2, 0.25) is 0 Å². The number of pyridine rings is 1. The molecule has 2 saturated heterocycles. The summed E-state index contributed by atoms with van der Waals surface area (Å²) < 4.78 is 0. The molecule has 3 fully saturated rings. The molecule has 1 saturated carbocycles. The molecule has 35 heavy (non-hydrogen) atoms. The molecule has 178 valence electrons. The first kappa shape index (κ1) is 21.9. The third kappa shape index (κ3) is 4.21. The molecule has 0 bridgehead atoms. The lowest BCUT2D eigenvalue weighted by molar-refractivity contribution is 0.188. The first-order valence-electron chi connectivity index (χ1n) is 12.8. The molecule has 6 nitrogen and oxygen atoms in total. The second-order valence-corrected chi connectivity index (χ2v) is 10.1. The van der Waals surface area contributed by atoms with Gasteiger partial charge in [-0.3, -0.25) is 0 Å². The van der Waals surface area contributed by atoms with Crippen LogP contribution >= 0.6 is 0 Å². The fourth-order valence-corrected chi connectivity index (χ4v) is 6.33. The van der Waals surface area contributed by atoms with E-state index in [1.807, 2.05) is 30.5 Å². The number of hydrogen-bond donors (Lipinski definition) is 2. The van der Waals surface area contributed by atoms with Gasteiger partial charge in [0.05, 0.1) is 11.6 Å². The summed E-state index contributed by atoms with van der Waals surface area (Å²) in [6.45, 7) is 1.97. The van der Waals surface area contributed by atoms with Crippen LogP contribution in [-0.4, -0.2) is 42.2 Å². The summed E-state index contributed by atoms with van der Waals surface area (Å²) in [5.41, 5.74) is 11.0. The number of anilines is 3. The average Bonchev–Trinajstić information content (AvgIpc) is 2.92. The highest BCUT2D eigenvalue weighted by atomic mass is 15.3. The Bertz CT molecular complexity index is 1220. The first-order chi connectivity index (χ1) is 17.2. The summed E-state index contributed by atoms with van der Waals surface area (Å²) in [4.78, 5) is 10.0. The summed E-state index contributed by atoms with van der Waals surface area (Å²) in [6, 6.07) is 24.5. The monoisotopic (exact) mass is 464 g/mol. The molecule has 2 aliphatic heterocycles. The largest absolute Gasteiger partial charge is 0.399 e. The second-order valence-electron chi connectivity index (χ2n) is 10.1. The molecule has 3 aliphatic rings. The minimum absolute atomic E-state index is 0.376. The molecule has 6 heteroatoms. The van der Waals surface area contributed by atoms with E-state index < -0.39 is 0 Å². The standard InChI is InChI=1S/C29H32N6/c30-18-20-5-11-24(12-6-20)34-16-14-28-26(19-34)33-25-3-1-2-4-27(25)35(28)29-17-22(13-15-32-29)21-7-9-23(31)10-8-21/h5-13,15,17,25-28,33H,1-4,14,16,19,31H2/t25-,26-,27-,28?/m1/s1. The van der Waals surface area contributed by atoms with Crippen molar-refractivity contribution < 1.29 is 0 Å². The van der Waals surface area contributed by atoms with E-state index in [1.165, 1.54) is 42.5 Å². The molecule has 3 N–H and O–H groups in total. The van der Waals surface area contributed by atoms with Crippen LogP contribution in [-0.2, 0) is 0 Å². The third-order valence-electron chi connectivity index (χ3n) is 8.06. The number of nitrogens with zero attached hydrogens (tertiary/aromatic N) is 4. The number of hydrogen-bond acceptors (Lipinski definition) is 6. The highest BCUT2D eigenvalue weighted by Crippen LogP contribution is 2.37. The highest BCUT2D eigenvalue weighted by Gasteiger charge is 2.46. The zero-order valence-electron chi connectivity index (χ0n) is 20.0. The molecule has 6 rings (SSSR count). The molecule has 1 unspecified atom stereocenters. The number of fused-ring (bicyclic) bond motifs is 2. The van der Waals surface area contributed by atoms with Gasteiger partial charge in [0.2, 0.25) is 0 Å². The first-order valence-corrected chi connectivity index (χ1v) is 12.8. The average molecular weight is 465 g/mol. The number of piperidine rings is 1. The van der Waals surface area contributed by atoms with E-state index in [1.54, 1.807) is 0 Å². The molecular formula is C29H32N6. The number of aromatic nitrogens is 1. The SMILES string of the molecule is N#Cc1ccc(N2CCC3[C@@H](C2)N[C@@H]2CCCC[C@H]2N3c2cc(-c3ccc(N)cc3)ccn2)cc1. The topological polar surface area (TPSA) is 81.2 Å². The van der Waals surface area contributed by atoms with Gasteiger partial charge in [-0.15, -0.1) is 0 Å². The van der Waals surface area contributed by atoms with Gasteiger partial charge >= 0.3 is 0 Å². The van der Waals surface area contributed by atoms with Gasteiger partial charge in [0.1, 0.15) is 5.82 Å². The molecule has 0 radical (unpaired) electrons. The van der Waals surface area contributed by atoms with Crippen molar-refractivity contribution in [3.63, 3.8) is 0 Å². The van der Waals surface area contributed by atoms with Crippen molar-refractivity contribution in [2.45, 2.75) is 56.3 Å². The Labute approximate surface area is 207 Å². The van der Waals surface area contributed by atoms with E-state index in [0.717, 1.165) is 31.0 Å². The molecule has 3 heterocycles. The number of rotatable bonds is 3. The maximum atomic E-state index is 9.15. The number of nitriles is 1. The predicted octanol–water partition coefficient (Wildman–Crippen LogP) is 4.57. The van der Waals surface area contributed by atoms with Crippen molar-refractivity contribution in [1.29, 1.82) is 5.26 Å². The van der Waals surface area contributed by atoms with Gasteiger partial charge < -0.3 is 20.9 Å². The highest BCUT2D eigenvalue weighted by molar-refractivity contribution is 5.68. The fraction of sp³-hybridized carbons (Fsp3) is 0.379. The fourth-order valence-electron chi connectivity index (χ4n) is 6.33. The van der Waals surface area contributed by atoms with Gasteiger partial charge in [0.15, 0.2) is 0 Å². The summed E-state index contributed by atoms with van der Waals surface area (Å²) in [5.74, 6) is 1.10. The smallest absolute Gasteiger partial charge is 0.129 e. The van der Waals surface area contributed by atoms with E-state index >= 15 is 0 Å². The van der Waals surface area contributed by atoms with Crippen molar-refractivity contribution in [3.8, 4) is 17.2 Å². The van der Waals surface area contributed by atoms with Gasteiger partial charge in [-0.25, -0.2) is 4.98 Å². The number of benzene rings is 2. The summed E-state index contributed by atoms with van der Waals surface area (Å²) in [6.07, 6.45) is 8.05.